The number of anilines is 2. The highest BCUT2D eigenvalue weighted by atomic mass is 79.9. The Bertz CT molecular complexity index is 2310. The molecular formula is C32H11Br3F9N3O6. The van der Waals surface area contributed by atoms with E-state index in [-0.39, 0.29) is 49.9 Å². The summed E-state index contributed by atoms with van der Waals surface area (Å²) in [5, 5.41) is 11.7. The first-order chi connectivity index (χ1) is 24.4. The average molecular weight is 944 g/mol. The standard InChI is InChI=1S/C32H11Br3F9N3O6/c33-15-10-20(34)24(21(35)11-15)46-26(49)17-5-2-13(8-19(17)28(46)51)29(31(39,40)41,32(42,43)44)12-1-4-16-18(7-12)27(50)45(25(16)48)22-6-3-14(30(36,37)38)9-23(22)47(52)53/h1-11H. The summed E-state index contributed by atoms with van der Waals surface area (Å²) in [7, 11) is 0. The van der Waals surface area contributed by atoms with Crippen LogP contribution in [0.15, 0.2) is 80.1 Å². The molecule has 0 spiro atoms. The van der Waals surface area contributed by atoms with Crippen molar-refractivity contribution in [2.45, 2.75) is 23.9 Å². The number of carbonyl (C=O) groups excluding carboxylic acids is 4. The first kappa shape index (κ1) is 38.1. The lowest BCUT2D eigenvalue weighted by Gasteiger charge is -2.38. The molecule has 2 heterocycles. The van der Waals surface area contributed by atoms with Gasteiger partial charge in [-0.1, -0.05) is 28.1 Å². The predicted molar refractivity (Wildman–Crippen MR) is 176 cm³/mol. The molecule has 21 heteroatoms. The number of alkyl halides is 9. The van der Waals surface area contributed by atoms with Gasteiger partial charge in [0.15, 0.2) is 0 Å². The Hall–Kier alpha value is -4.63. The molecule has 274 valence electrons. The van der Waals surface area contributed by atoms with Crippen LogP contribution in [0.1, 0.15) is 58.1 Å². The highest BCUT2D eigenvalue weighted by Crippen LogP contribution is 2.57. The fourth-order valence-corrected chi connectivity index (χ4v) is 8.75. The summed E-state index contributed by atoms with van der Waals surface area (Å²) in [6, 6.07) is 5.44. The van der Waals surface area contributed by atoms with Crippen LogP contribution in [0.5, 0.6) is 0 Å². The fourth-order valence-electron chi connectivity index (χ4n) is 6.14. The monoisotopic (exact) mass is 941 g/mol. The molecule has 2 aliphatic rings. The van der Waals surface area contributed by atoms with Gasteiger partial charge >= 0.3 is 18.5 Å². The van der Waals surface area contributed by atoms with Crippen LogP contribution in [0.2, 0.25) is 0 Å². The topological polar surface area (TPSA) is 118 Å². The number of benzene rings is 4. The molecule has 9 nitrogen and oxygen atoms in total. The van der Waals surface area contributed by atoms with Crippen LogP contribution in [0, 0.1) is 10.1 Å². The smallest absolute Gasteiger partial charge is 0.268 e. The Labute approximate surface area is 313 Å². The molecule has 4 aromatic carbocycles. The molecule has 0 saturated carbocycles. The van der Waals surface area contributed by atoms with E-state index in [9.17, 15) is 42.5 Å². The van der Waals surface area contributed by atoms with Crippen LogP contribution in [0.25, 0.3) is 0 Å². The van der Waals surface area contributed by atoms with Crippen LogP contribution in [0.3, 0.4) is 0 Å². The molecule has 0 fully saturated rings. The summed E-state index contributed by atoms with van der Waals surface area (Å²) in [4.78, 5) is 64.4. The van der Waals surface area contributed by atoms with Crippen LogP contribution < -0.4 is 9.80 Å². The number of amides is 4. The van der Waals surface area contributed by atoms with Crippen LogP contribution in [-0.4, -0.2) is 40.9 Å². The van der Waals surface area contributed by atoms with Crippen molar-refractivity contribution in [2.24, 2.45) is 0 Å². The molecular weight excluding hydrogens is 933 g/mol. The largest absolute Gasteiger partial charge is 0.416 e. The first-order valence-electron chi connectivity index (χ1n) is 14.1. The zero-order chi connectivity index (χ0) is 39.3. The van der Waals surface area contributed by atoms with E-state index in [1.54, 1.807) is 0 Å². The quantitative estimate of drug-likeness (QED) is 0.0852. The number of halogens is 12. The molecule has 0 aromatic heterocycles. The molecule has 53 heavy (non-hydrogen) atoms. The summed E-state index contributed by atoms with van der Waals surface area (Å²) in [6.07, 6.45) is -17.7. The van der Waals surface area contributed by atoms with E-state index in [4.69, 9.17) is 0 Å². The Morgan fingerprint density at radius 2 is 0.962 bits per heavy atom. The number of hydrogen-bond donors (Lipinski definition) is 0. The molecule has 6 rings (SSSR count). The third kappa shape index (κ3) is 5.74. The molecule has 2 aliphatic heterocycles. The number of rotatable bonds is 5. The van der Waals surface area contributed by atoms with Crippen molar-refractivity contribution in [3.05, 3.63) is 129 Å². The third-order valence-electron chi connectivity index (χ3n) is 8.44. The van der Waals surface area contributed by atoms with Gasteiger partial charge in [-0.3, -0.25) is 29.3 Å². The van der Waals surface area contributed by atoms with E-state index in [1.807, 2.05) is 0 Å². The second-order valence-electron chi connectivity index (χ2n) is 11.3. The van der Waals surface area contributed by atoms with E-state index in [0.29, 0.717) is 33.6 Å². The number of imide groups is 2. The molecule has 0 N–H and O–H groups in total. The summed E-state index contributed by atoms with van der Waals surface area (Å²) in [5.41, 5.74) is -15.7. The number of fused-ring (bicyclic) bond motifs is 2. The third-order valence-corrected chi connectivity index (χ3v) is 10.1. The van der Waals surface area contributed by atoms with E-state index >= 15 is 26.3 Å². The van der Waals surface area contributed by atoms with Crippen molar-refractivity contribution in [3.63, 3.8) is 0 Å². The Kier molecular flexibility index (Phi) is 8.97. The zero-order valence-electron chi connectivity index (χ0n) is 25.2. The maximum Gasteiger partial charge on any atom is 0.416 e. The molecule has 0 bridgehead atoms. The lowest BCUT2D eigenvalue weighted by atomic mass is 9.71. The number of hydrogen-bond acceptors (Lipinski definition) is 6. The number of nitrogens with zero attached hydrogens (tertiary/aromatic N) is 3. The minimum Gasteiger partial charge on any atom is -0.268 e. The van der Waals surface area contributed by atoms with Gasteiger partial charge in [-0.25, -0.2) is 9.80 Å². The summed E-state index contributed by atoms with van der Waals surface area (Å²) < 4.78 is 132. The van der Waals surface area contributed by atoms with Gasteiger partial charge in [0, 0.05) is 19.5 Å². The number of carbonyl (C=O) groups is 4. The molecule has 0 aliphatic carbocycles. The van der Waals surface area contributed by atoms with E-state index in [0.717, 1.165) is 0 Å². The van der Waals surface area contributed by atoms with Crippen molar-refractivity contribution >= 4 is 88.5 Å². The molecule has 4 amide bonds. The number of nitro benzene ring substituents is 1. The second kappa shape index (κ2) is 12.5. The molecule has 0 saturated heterocycles. The molecule has 0 radical (unpaired) electrons. The molecule has 0 atom stereocenters. The minimum atomic E-state index is -6.30. The van der Waals surface area contributed by atoms with Gasteiger partial charge in [0.05, 0.1) is 38.4 Å². The van der Waals surface area contributed by atoms with E-state index < -0.39 is 103 Å². The molecule has 4 aromatic rings. The predicted octanol–water partition coefficient (Wildman–Crippen LogP) is 9.91. The Morgan fingerprint density at radius 1 is 0.547 bits per heavy atom. The van der Waals surface area contributed by atoms with Gasteiger partial charge in [-0.15, -0.1) is 0 Å². The summed E-state index contributed by atoms with van der Waals surface area (Å²) >= 11 is 9.54. The van der Waals surface area contributed by atoms with Gasteiger partial charge in [-0.2, -0.15) is 39.5 Å². The highest BCUT2D eigenvalue weighted by molar-refractivity contribution is 9.11. The lowest BCUT2D eigenvalue weighted by Crippen LogP contribution is -2.55. The van der Waals surface area contributed by atoms with Crippen molar-refractivity contribution in [1.82, 2.24) is 0 Å². The lowest BCUT2D eigenvalue weighted by molar-refractivity contribution is -0.384. The summed E-state index contributed by atoms with van der Waals surface area (Å²) in [5.74, 6) is -5.53. The minimum absolute atomic E-state index is 0.00220. The maximum absolute atomic E-state index is 15.2. The van der Waals surface area contributed by atoms with Crippen LogP contribution in [0.4, 0.5) is 56.6 Å². The maximum atomic E-state index is 15.2. The van der Waals surface area contributed by atoms with Gasteiger partial charge in [0.25, 0.3) is 29.3 Å². The van der Waals surface area contributed by atoms with Crippen molar-refractivity contribution in [3.8, 4) is 0 Å². The van der Waals surface area contributed by atoms with Gasteiger partial charge in [0.2, 0.25) is 5.41 Å². The SMILES string of the molecule is O=C1c2ccc(C(c3ccc4c(c3)C(=O)N(c3c(Br)cc(Br)cc3Br)C4=O)(C(F)(F)F)C(F)(F)F)cc2C(=O)N1c1ccc(C(F)(F)F)cc1[N+](=O)[O-]. The summed E-state index contributed by atoms with van der Waals surface area (Å²) in [6.45, 7) is 0. The second-order valence-corrected chi connectivity index (χ2v) is 14.0. The van der Waals surface area contributed by atoms with Crippen molar-refractivity contribution in [2.75, 3.05) is 9.80 Å². The van der Waals surface area contributed by atoms with Crippen LogP contribution >= 0.6 is 47.8 Å². The van der Waals surface area contributed by atoms with Crippen LogP contribution in [-0.2, 0) is 11.6 Å². The number of nitro groups is 1. The molecule has 0 unspecified atom stereocenters. The normalized spacial score (nSPS) is 15.0. The fraction of sp³-hybridized carbons (Fsp3) is 0.125. The van der Waals surface area contributed by atoms with Crippen molar-refractivity contribution in [1.29, 1.82) is 0 Å². The highest BCUT2D eigenvalue weighted by Gasteiger charge is 2.73. The Balaban J connectivity index is 1.51. The Morgan fingerprint density at radius 3 is 1.40 bits per heavy atom. The van der Waals surface area contributed by atoms with Gasteiger partial charge in [-0.05, 0) is 91.5 Å². The zero-order valence-corrected chi connectivity index (χ0v) is 29.9. The average Bonchev–Trinajstić information content (AvgIpc) is 3.42. The van der Waals surface area contributed by atoms with Gasteiger partial charge in [0.1, 0.15) is 5.69 Å². The first-order valence-corrected chi connectivity index (χ1v) is 16.5. The van der Waals surface area contributed by atoms with Crippen molar-refractivity contribution < 1.29 is 63.6 Å². The van der Waals surface area contributed by atoms with E-state index in [2.05, 4.69) is 47.8 Å². The van der Waals surface area contributed by atoms with E-state index in [1.165, 1.54) is 12.1 Å². The van der Waals surface area contributed by atoms with Gasteiger partial charge < -0.3 is 0 Å².